The molecular weight excluding hydrogens is 482 g/mol. The van der Waals surface area contributed by atoms with Gasteiger partial charge in [0.15, 0.2) is 17.2 Å². The number of ether oxygens (including phenoxy) is 3. The summed E-state index contributed by atoms with van der Waals surface area (Å²) in [4.78, 5) is 38.8. The average molecular weight is 506 g/mol. The second kappa shape index (κ2) is 10.9. The minimum absolute atomic E-state index is 0.00655. The maximum absolute atomic E-state index is 13.4. The molecule has 2 aromatic carbocycles. The number of hydrogen-bond acceptors (Lipinski definition) is 8. The van der Waals surface area contributed by atoms with Gasteiger partial charge in [0.05, 0.1) is 31.9 Å². The number of benzene rings is 2. The van der Waals surface area contributed by atoms with Crippen LogP contribution in [0.25, 0.3) is 22.5 Å². The zero-order valence-electron chi connectivity index (χ0n) is 19.8. The van der Waals surface area contributed by atoms with Crippen molar-refractivity contribution in [3.05, 3.63) is 81.6 Å². The van der Waals surface area contributed by atoms with Gasteiger partial charge in [-0.3, -0.25) is 9.59 Å². The van der Waals surface area contributed by atoms with E-state index in [4.69, 9.17) is 14.2 Å². The highest BCUT2D eigenvalue weighted by atomic mass is 32.1. The van der Waals surface area contributed by atoms with Gasteiger partial charge in [0, 0.05) is 16.8 Å². The summed E-state index contributed by atoms with van der Waals surface area (Å²) in [6, 6.07) is 14.0. The summed E-state index contributed by atoms with van der Waals surface area (Å²) in [5, 5.41) is 9.42. The molecule has 0 radical (unpaired) electrons. The Morgan fingerprint density at radius 2 is 1.83 bits per heavy atom. The first-order chi connectivity index (χ1) is 17.5. The normalized spacial score (nSPS) is 11.0. The van der Waals surface area contributed by atoms with Crippen molar-refractivity contribution >= 4 is 45.1 Å². The highest BCUT2D eigenvalue weighted by Gasteiger charge is 2.22. The zero-order valence-corrected chi connectivity index (χ0v) is 20.6. The number of carbonyl (C=O) groups excluding carboxylic acids is 2. The SMILES string of the molecule is CCOC(=O)c1nn(-c2ccccc2)c(=O)c2c(NC(=O)/C=C/c3ccc(OC)c(OC)c3)scc12. The lowest BCUT2D eigenvalue weighted by atomic mass is 10.2. The molecule has 9 nitrogen and oxygen atoms in total. The minimum atomic E-state index is -0.656. The molecule has 0 fully saturated rings. The van der Waals surface area contributed by atoms with Crippen molar-refractivity contribution in [1.29, 1.82) is 0 Å². The summed E-state index contributed by atoms with van der Waals surface area (Å²) in [5.74, 6) is -0.000433. The van der Waals surface area contributed by atoms with Crippen LogP contribution in [0.4, 0.5) is 5.00 Å². The van der Waals surface area contributed by atoms with Crippen molar-refractivity contribution in [3.8, 4) is 17.2 Å². The van der Waals surface area contributed by atoms with Gasteiger partial charge in [-0.25, -0.2) is 4.79 Å². The predicted molar refractivity (Wildman–Crippen MR) is 138 cm³/mol. The molecular formula is C26H23N3O6S. The van der Waals surface area contributed by atoms with Crippen LogP contribution in [0, 0.1) is 0 Å². The molecule has 1 amide bonds. The van der Waals surface area contributed by atoms with E-state index in [0.717, 1.165) is 21.6 Å². The maximum Gasteiger partial charge on any atom is 0.359 e. The summed E-state index contributed by atoms with van der Waals surface area (Å²) < 4.78 is 16.8. The monoisotopic (exact) mass is 505 g/mol. The summed E-state index contributed by atoms with van der Waals surface area (Å²) in [6.45, 7) is 1.84. The Kier molecular flexibility index (Phi) is 7.45. The van der Waals surface area contributed by atoms with E-state index in [9.17, 15) is 14.4 Å². The van der Waals surface area contributed by atoms with Crippen LogP contribution in [0.3, 0.4) is 0 Å². The lowest BCUT2D eigenvalue weighted by Gasteiger charge is -2.09. The smallest absolute Gasteiger partial charge is 0.359 e. The molecule has 0 aliphatic rings. The molecule has 2 heterocycles. The molecule has 0 bridgehead atoms. The van der Waals surface area contributed by atoms with Crippen molar-refractivity contribution < 1.29 is 23.8 Å². The van der Waals surface area contributed by atoms with Gasteiger partial charge >= 0.3 is 5.97 Å². The summed E-state index contributed by atoms with van der Waals surface area (Å²) in [7, 11) is 3.07. The third-order valence-corrected chi connectivity index (χ3v) is 6.09. The van der Waals surface area contributed by atoms with Crippen molar-refractivity contribution in [1.82, 2.24) is 9.78 Å². The van der Waals surface area contributed by atoms with Gasteiger partial charge in [-0.15, -0.1) is 11.3 Å². The van der Waals surface area contributed by atoms with Crippen molar-refractivity contribution in [2.45, 2.75) is 6.92 Å². The largest absolute Gasteiger partial charge is 0.493 e. The molecule has 0 unspecified atom stereocenters. The topological polar surface area (TPSA) is 109 Å². The van der Waals surface area contributed by atoms with E-state index in [1.54, 1.807) is 74.0 Å². The lowest BCUT2D eigenvalue weighted by molar-refractivity contribution is -0.111. The fourth-order valence-corrected chi connectivity index (χ4v) is 4.46. The van der Waals surface area contributed by atoms with E-state index in [0.29, 0.717) is 27.6 Å². The second-order valence-corrected chi connectivity index (χ2v) is 8.29. The van der Waals surface area contributed by atoms with Crippen molar-refractivity contribution in [2.24, 2.45) is 0 Å². The number of methoxy groups -OCH3 is 2. The first-order valence-electron chi connectivity index (χ1n) is 10.9. The Hall–Kier alpha value is -4.44. The van der Waals surface area contributed by atoms with Gasteiger partial charge in [0.2, 0.25) is 5.91 Å². The second-order valence-electron chi connectivity index (χ2n) is 7.41. The third-order valence-electron chi connectivity index (χ3n) is 5.19. The number of thiophene rings is 1. The van der Waals surface area contributed by atoms with Crippen LogP contribution in [0.1, 0.15) is 23.0 Å². The number of amides is 1. The number of anilines is 1. The lowest BCUT2D eigenvalue weighted by Crippen LogP contribution is -2.25. The number of aromatic nitrogens is 2. The molecule has 0 saturated carbocycles. The van der Waals surface area contributed by atoms with Gasteiger partial charge < -0.3 is 19.5 Å². The number of esters is 1. The van der Waals surface area contributed by atoms with Crippen LogP contribution in [-0.2, 0) is 9.53 Å². The molecule has 10 heteroatoms. The summed E-state index contributed by atoms with van der Waals surface area (Å²) in [6.07, 6.45) is 2.96. The first kappa shape index (κ1) is 24.7. The van der Waals surface area contributed by atoms with E-state index in [1.165, 1.54) is 13.2 Å². The van der Waals surface area contributed by atoms with Crippen molar-refractivity contribution in [2.75, 3.05) is 26.1 Å². The zero-order chi connectivity index (χ0) is 25.7. The van der Waals surface area contributed by atoms with Crippen molar-refractivity contribution in [3.63, 3.8) is 0 Å². The number of nitrogens with one attached hydrogen (secondary N) is 1. The molecule has 36 heavy (non-hydrogen) atoms. The molecule has 184 valence electrons. The van der Waals surface area contributed by atoms with E-state index in [2.05, 4.69) is 10.4 Å². The molecule has 0 atom stereocenters. The maximum atomic E-state index is 13.4. The number of fused-ring (bicyclic) bond motifs is 1. The Bertz CT molecular complexity index is 1510. The molecule has 4 rings (SSSR count). The Balaban J connectivity index is 1.71. The fraction of sp³-hybridized carbons (Fsp3) is 0.154. The van der Waals surface area contributed by atoms with E-state index >= 15 is 0 Å². The molecule has 0 aliphatic heterocycles. The fourth-order valence-electron chi connectivity index (χ4n) is 3.52. The van der Waals surface area contributed by atoms with Crippen LogP contribution in [-0.4, -0.2) is 42.5 Å². The number of rotatable bonds is 8. The van der Waals surface area contributed by atoms with E-state index in [-0.39, 0.29) is 17.7 Å². The summed E-state index contributed by atoms with van der Waals surface area (Å²) in [5.41, 5.74) is 0.725. The highest BCUT2D eigenvalue weighted by molar-refractivity contribution is 7.16. The van der Waals surface area contributed by atoms with Gasteiger partial charge in [-0.2, -0.15) is 9.78 Å². The molecule has 1 N–H and O–H groups in total. The third kappa shape index (κ3) is 4.98. The van der Waals surface area contributed by atoms with Gasteiger partial charge in [0.25, 0.3) is 5.56 Å². The van der Waals surface area contributed by atoms with Crippen LogP contribution < -0.4 is 20.3 Å². The molecule has 2 aromatic heterocycles. The number of hydrogen-bond donors (Lipinski definition) is 1. The highest BCUT2D eigenvalue weighted by Crippen LogP contribution is 2.31. The van der Waals surface area contributed by atoms with Crippen LogP contribution in [0.2, 0.25) is 0 Å². The molecule has 4 aromatic rings. The van der Waals surface area contributed by atoms with Gasteiger partial charge in [-0.1, -0.05) is 24.3 Å². The molecule has 0 spiro atoms. The van der Waals surface area contributed by atoms with Crippen LogP contribution >= 0.6 is 11.3 Å². The minimum Gasteiger partial charge on any atom is -0.493 e. The van der Waals surface area contributed by atoms with Crippen LogP contribution in [0.15, 0.2) is 64.8 Å². The standard InChI is InChI=1S/C26H23N3O6S/c1-4-35-26(32)23-18-15-36-24(22(18)25(31)29(28-23)17-8-6-5-7-9-17)27-21(30)13-11-16-10-12-19(33-2)20(14-16)34-3/h5-15H,4H2,1-3H3,(H,27,30)/b13-11+. The molecule has 0 saturated heterocycles. The Labute approximate surface area is 210 Å². The number of nitrogens with zero attached hydrogens (tertiary/aromatic N) is 2. The van der Waals surface area contributed by atoms with E-state index in [1.807, 2.05) is 0 Å². The molecule has 0 aliphatic carbocycles. The average Bonchev–Trinajstić information content (AvgIpc) is 3.32. The Morgan fingerprint density at radius 1 is 1.08 bits per heavy atom. The number of para-hydroxylation sites is 1. The van der Waals surface area contributed by atoms with Gasteiger partial charge in [-0.05, 0) is 42.8 Å². The summed E-state index contributed by atoms with van der Waals surface area (Å²) >= 11 is 1.13. The van der Waals surface area contributed by atoms with E-state index < -0.39 is 17.4 Å². The van der Waals surface area contributed by atoms with Gasteiger partial charge in [0.1, 0.15) is 5.00 Å². The number of carbonyl (C=O) groups is 2. The Morgan fingerprint density at radius 3 is 2.53 bits per heavy atom. The first-order valence-corrected chi connectivity index (χ1v) is 11.8. The van der Waals surface area contributed by atoms with Crippen LogP contribution in [0.5, 0.6) is 11.5 Å². The predicted octanol–water partition coefficient (Wildman–Crippen LogP) is 4.29. The quantitative estimate of drug-likeness (QED) is 0.281.